The highest BCUT2D eigenvalue weighted by Gasteiger charge is 2.72. The predicted molar refractivity (Wildman–Crippen MR) is 51.3 cm³/mol. The van der Waals surface area contributed by atoms with Crippen molar-refractivity contribution in [2.45, 2.75) is 28.4 Å². The van der Waals surface area contributed by atoms with Crippen molar-refractivity contribution in [3.8, 4) is 0 Å². The van der Waals surface area contributed by atoms with Crippen molar-refractivity contribution < 1.29 is 66.5 Å². The van der Waals surface area contributed by atoms with Crippen LogP contribution in [0.2, 0.25) is 0 Å². The van der Waals surface area contributed by atoms with E-state index < -0.39 is 62.9 Å². The molecule has 0 N–H and O–H groups in total. The summed E-state index contributed by atoms with van der Waals surface area (Å²) in [5.41, 5.74) is 0. The molecule has 2 nitrogen and oxygen atoms in total. The Kier molecular flexibility index (Phi) is 6.27. The lowest BCUT2D eigenvalue weighted by molar-refractivity contribution is -0.518. The van der Waals surface area contributed by atoms with Gasteiger partial charge < -0.3 is 0 Å². The van der Waals surface area contributed by atoms with E-state index in [2.05, 4.69) is 0 Å². The molecule has 0 fully saturated rings. The molecule has 0 aliphatic carbocycles. The van der Waals surface area contributed by atoms with Crippen LogP contribution in [0, 0.1) is 0 Å². The Morgan fingerprint density at radius 3 is 1.26 bits per heavy atom. The van der Waals surface area contributed by atoms with E-state index in [1.165, 1.54) is 0 Å². The summed E-state index contributed by atoms with van der Waals surface area (Å²) in [5.74, 6) is -4.04. The van der Waals surface area contributed by atoms with Crippen LogP contribution in [0.15, 0.2) is 11.9 Å². The Hall–Kier alpha value is -0.520. The molecule has 0 heterocycles. The first-order valence-corrected chi connectivity index (χ1v) is 5.54. The third kappa shape index (κ3) is 5.23. The highest BCUT2D eigenvalue weighted by molar-refractivity contribution is 14.1. The molecule has 16 heteroatoms. The van der Waals surface area contributed by atoms with E-state index in [-0.39, 0.29) is 0 Å². The summed E-state index contributed by atoms with van der Waals surface area (Å²) >= 11 is -0.507. The van der Waals surface area contributed by atoms with Gasteiger partial charge >= 0.3 is 34.4 Å². The first-order chi connectivity index (χ1) is 9.77. The first kappa shape index (κ1) is 22.5. The highest BCUT2D eigenvalue weighted by atomic mass is 127. The molecule has 0 amide bonds. The van der Waals surface area contributed by atoms with E-state index in [4.69, 9.17) is 0 Å². The van der Waals surface area contributed by atoms with Crippen molar-refractivity contribution in [3.05, 3.63) is 11.9 Å². The fraction of sp³-hybridized carbons (Fsp3) is 0.714. The van der Waals surface area contributed by atoms with Crippen LogP contribution in [0.1, 0.15) is 0 Å². The van der Waals surface area contributed by atoms with Gasteiger partial charge in [-0.1, -0.05) is 0 Å². The average molecular weight is 490 g/mol. The topological polar surface area (TPSA) is 18.5 Å². The molecular weight excluding hydrogens is 490 g/mol. The zero-order valence-electron chi connectivity index (χ0n) is 9.61. The van der Waals surface area contributed by atoms with Crippen LogP contribution in [0.4, 0.5) is 57.1 Å². The number of rotatable bonds is 7. The van der Waals surface area contributed by atoms with Gasteiger partial charge in [-0.3, -0.25) is 0 Å². The lowest BCUT2D eigenvalue weighted by atomic mass is 10.5. The van der Waals surface area contributed by atoms with Crippen LogP contribution < -0.4 is 0 Å². The van der Waals surface area contributed by atoms with Gasteiger partial charge in [-0.15, -0.1) is 0 Å². The van der Waals surface area contributed by atoms with Crippen molar-refractivity contribution in [3.63, 3.8) is 0 Å². The van der Waals surface area contributed by atoms with E-state index >= 15 is 0 Å². The molecule has 0 rings (SSSR count). The Balaban J connectivity index is 5.54. The monoisotopic (exact) mass is 490 g/mol. The summed E-state index contributed by atoms with van der Waals surface area (Å²) < 4.78 is 158. The number of ether oxygens (including phenoxy) is 2. The van der Waals surface area contributed by atoms with E-state index in [1.807, 2.05) is 0 Å². The van der Waals surface area contributed by atoms with Gasteiger partial charge in [0.2, 0.25) is 0 Å². The summed E-state index contributed by atoms with van der Waals surface area (Å²) in [6, 6.07) is 0. The summed E-state index contributed by atoms with van der Waals surface area (Å²) in [7, 11) is 0. The fourth-order valence-electron chi connectivity index (χ4n) is 0.653. The summed E-state index contributed by atoms with van der Waals surface area (Å²) in [5, 5.41) is 0. The van der Waals surface area contributed by atoms with E-state index in [0.29, 0.717) is 0 Å². The summed E-state index contributed by atoms with van der Waals surface area (Å²) in [6.07, 6.45) is -30.5. The number of halogens is 14. The third-order valence-electron chi connectivity index (χ3n) is 1.60. The Labute approximate surface area is 130 Å². The normalized spacial score (nSPS) is 14.9. The Bertz CT molecular complexity index is 463. The number of alkyl halides is 11. The quantitative estimate of drug-likeness (QED) is 0.267. The predicted octanol–water partition coefficient (Wildman–Crippen LogP) is 5.50. The van der Waals surface area contributed by atoms with Gasteiger partial charge in [0.15, 0.2) is 0 Å². The molecule has 0 spiro atoms. The van der Waals surface area contributed by atoms with Crippen LogP contribution in [0.3, 0.4) is 0 Å². The van der Waals surface area contributed by atoms with Crippen LogP contribution >= 0.6 is 22.6 Å². The Morgan fingerprint density at radius 1 is 0.609 bits per heavy atom. The fourth-order valence-corrected chi connectivity index (χ4v) is 0.764. The molecule has 0 aliphatic rings. The highest BCUT2D eigenvalue weighted by Crippen LogP contribution is 2.49. The van der Waals surface area contributed by atoms with E-state index in [9.17, 15) is 57.1 Å². The number of hydrogen-bond donors (Lipinski definition) is 0. The molecule has 138 valence electrons. The zero-order valence-corrected chi connectivity index (χ0v) is 11.8. The maximum absolute atomic E-state index is 12.6. The van der Waals surface area contributed by atoms with Crippen LogP contribution in [-0.2, 0) is 9.47 Å². The molecule has 0 aliphatic heterocycles. The molecule has 0 bridgehead atoms. The Morgan fingerprint density at radius 2 is 0.957 bits per heavy atom. The molecule has 0 saturated carbocycles. The maximum Gasteiger partial charge on any atom is 0.453 e. The maximum atomic E-state index is 12.6. The van der Waals surface area contributed by atoms with Gasteiger partial charge in [0.25, 0.3) is 5.83 Å². The second-order valence-electron chi connectivity index (χ2n) is 3.34. The van der Waals surface area contributed by atoms with E-state index in [0.717, 1.165) is 0 Å². The molecule has 0 unspecified atom stereocenters. The van der Waals surface area contributed by atoms with Crippen molar-refractivity contribution in [1.82, 2.24) is 0 Å². The van der Waals surface area contributed by atoms with Gasteiger partial charge in [-0.25, -0.2) is 9.47 Å². The first-order valence-electron chi connectivity index (χ1n) is 4.46. The smallest absolute Gasteiger partial charge is 0.243 e. The largest absolute Gasteiger partial charge is 0.453 e. The van der Waals surface area contributed by atoms with Crippen molar-refractivity contribution in [2.75, 3.05) is 0 Å². The standard InChI is InChI=1S/C7F13IO2/c8-1(2(9)10)3(11,12)22-6(17,18)7(19,20)23-5(15,16)4(13,14)21. The molecular formula is C7F13IO2. The molecule has 0 radical (unpaired) electrons. The molecule has 0 aromatic rings. The molecule has 23 heavy (non-hydrogen) atoms. The lowest BCUT2D eigenvalue weighted by Gasteiger charge is -2.31. The molecule has 0 atom stereocenters. The third-order valence-corrected chi connectivity index (χ3v) is 2.23. The van der Waals surface area contributed by atoms with Gasteiger partial charge in [0, 0.05) is 22.6 Å². The summed E-state index contributed by atoms with van der Waals surface area (Å²) in [6.45, 7) is 0. The molecule has 0 saturated heterocycles. The van der Waals surface area contributed by atoms with Gasteiger partial charge in [0.1, 0.15) is 0 Å². The molecule has 0 aromatic carbocycles. The molecule has 0 aromatic heterocycles. The minimum atomic E-state index is -6.91. The minimum absolute atomic E-state index is 0.507. The number of hydrogen-bond acceptors (Lipinski definition) is 2. The minimum Gasteiger partial charge on any atom is -0.243 e. The van der Waals surface area contributed by atoms with Gasteiger partial charge in [0.05, 0.1) is 0 Å². The summed E-state index contributed by atoms with van der Waals surface area (Å²) in [4.78, 5) is 0. The SMILES string of the molecule is FC(F)=C(F)C(F)(F)OC(F)(F)C(F)(F)OC(F)(F)C(F)(F)I. The van der Waals surface area contributed by atoms with Gasteiger partial charge in [-0.05, 0) is 0 Å². The van der Waals surface area contributed by atoms with Crippen LogP contribution in [0.5, 0.6) is 0 Å². The van der Waals surface area contributed by atoms with Gasteiger partial charge in [-0.2, -0.15) is 57.1 Å². The van der Waals surface area contributed by atoms with Crippen LogP contribution in [-0.4, -0.2) is 28.4 Å². The second-order valence-corrected chi connectivity index (χ2v) is 4.70. The van der Waals surface area contributed by atoms with E-state index in [1.54, 1.807) is 9.47 Å². The zero-order chi connectivity index (χ0) is 19.1. The second kappa shape index (κ2) is 6.41. The van der Waals surface area contributed by atoms with Crippen LogP contribution in [0.25, 0.3) is 0 Å². The lowest BCUT2D eigenvalue weighted by Crippen LogP contribution is -2.54. The van der Waals surface area contributed by atoms with Crippen molar-refractivity contribution in [1.29, 1.82) is 0 Å². The van der Waals surface area contributed by atoms with Crippen molar-refractivity contribution >= 4 is 22.6 Å². The van der Waals surface area contributed by atoms with Crippen molar-refractivity contribution in [2.24, 2.45) is 0 Å². The average Bonchev–Trinajstić information content (AvgIpc) is 2.22.